The van der Waals surface area contributed by atoms with E-state index in [1.54, 1.807) is 30.3 Å². The number of sulfonamides is 1. The second-order valence-electron chi connectivity index (χ2n) is 6.63. The number of nitrogens with one attached hydrogen (secondary N) is 3. The van der Waals surface area contributed by atoms with Gasteiger partial charge >= 0.3 is 11.8 Å². The maximum atomic E-state index is 12.2. The van der Waals surface area contributed by atoms with E-state index in [1.807, 2.05) is 30.3 Å². The zero-order chi connectivity index (χ0) is 22.8. The molecule has 166 valence electrons. The molecule has 0 fully saturated rings. The van der Waals surface area contributed by atoms with Crippen LogP contribution < -0.4 is 15.5 Å². The highest BCUT2D eigenvalue weighted by molar-refractivity contribution is 7.89. The van der Waals surface area contributed by atoms with E-state index in [9.17, 15) is 18.0 Å². The standard InChI is InChI=1S/C22H22N4O5S/c27-21(23-14-13-17-7-3-1-4-8-17)22(28)26-24-15-18-11-12-19(31-18)16-25-32(29,30)20-9-5-2-6-10-20/h1-12,15,25H,13-14,16H2,(H,23,27)(H,26,28)/b24-15+. The Hall–Kier alpha value is -3.76. The van der Waals surface area contributed by atoms with Gasteiger partial charge < -0.3 is 9.73 Å². The van der Waals surface area contributed by atoms with Crippen LogP contribution in [0.2, 0.25) is 0 Å². The van der Waals surface area contributed by atoms with Gasteiger partial charge in [0.1, 0.15) is 11.5 Å². The van der Waals surface area contributed by atoms with Gasteiger partial charge in [0.15, 0.2) is 0 Å². The number of hydrazone groups is 1. The minimum absolute atomic E-state index is 0.0543. The van der Waals surface area contributed by atoms with Crippen LogP contribution in [0, 0.1) is 0 Å². The number of benzene rings is 2. The van der Waals surface area contributed by atoms with Gasteiger partial charge in [-0.05, 0) is 36.2 Å². The highest BCUT2D eigenvalue weighted by Gasteiger charge is 2.14. The zero-order valence-corrected chi connectivity index (χ0v) is 17.8. The third-order valence-corrected chi connectivity index (χ3v) is 5.70. The van der Waals surface area contributed by atoms with Gasteiger partial charge in [-0.15, -0.1) is 0 Å². The number of hydrogen-bond acceptors (Lipinski definition) is 6. The van der Waals surface area contributed by atoms with Crippen LogP contribution in [-0.4, -0.2) is 33.0 Å². The molecule has 0 saturated carbocycles. The number of carbonyl (C=O) groups is 2. The number of carbonyl (C=O) groups excluding carboxylic acids is 2. The molecule has 3 N–H and O–H groups in total. The minimum atomic E-state index is -3.66. The first-order chi connectivity index (χ1) is 15.4. The van der Waals surface area contributed by atoms with Crippen molar-refractivity contribution in [3.05, 3.63) is 89.9 Å². The van der Waals surface area contributed by atoms with Crippen molar-refractivity contribution in [2.45, 2.75) is 17.9 Å². The number of nitrogens with zero attached hydrogens (tertiary/aromatic N) is 1. The number of furan rings is 1. The molecule has 0 atom stereocenters. The summed E-state index contributed by atoms with van der Waals surface area (Å²) in [7, 11) is -3.66. The van der Waals surface area contributed by atoms with Gasteiger partial charge in [-0.1, -0.05) is 48.5 Å². The molecule has 0 bridgehead atoms. The summed E-state index contributed by atoms with van der Waals surface area (Å²) in [5.41, 5.74) is 3.16. The van der Waals surface area contributed by atoms with Gasteiger partial charge in [-0.2, -0.15) is 5.10 Å². The fourth-order valence-corrected chi connectivity index (χ4v) is 3.67. The Labute approximate surface area is 185 Å². The lowest BCUT2D eigenvalue weighted by Gasteiger charge is -2.04. The summed E-state index contributed by atoms with van der Waals surface area (Å²) >= 11 is 0. The van der Waals surface area contributed by atoms with Gasteiger partial charge in [0.25, 0.3) is 0 Å². The molecule has 1 aromatic heterocycles. The fraction of sp³-hybridized carbons (Fsp3) is 0.136. The molecule has 9 nitrogen and oxygen atoms in total. The third kappa shape index (κ3) is 6.89. The molecule has 10 heteroatoms. The summed E-state index contributed by atoms with van der Waals surface area (Å²) in [6.45, 7) is 0.266. The van der Waals surface area contributed by atoms with Crippen molar-refractivity contribution in [3.63, 3.8) is 0 Å². The van der Waals surface area contributed by atoms with E-state index in [1.165, 1.54) is 18.3 Å². The van der Waals surface area contributed by atoms with Gasteiger partial charge in [0.2, 0.25) is 10.0 Å². The molecule has 0 aliphatic heterocycles. The molecule has 2 amide bonds. The average Bonchev–Trinajstić information content (AvgIpc) is 3.27. The molecule has 0 unspecified atom stereocenters. The molecular weight excluding hydrogens is 432 g/mol. The Kier molecular flexibility index (Phi) is 7.90. The van der Waals surface area contributed by atoms with Crippen molar-refractivity contribution in [1.82, 2.24) is 15.5 Å². The Bertz CT molecular complexity index is 1180. The molecule has 3 aromatic rings. The molecule has 1 heterocycles. The molecule has 0 saturated heterocycles. The van der Waals surface area contributed by atoms with Crippen molar-refractivity contribution in [2.75, 3.05) is 6.54 Å². The SMILES string of the molecule is O=C(NCCc1ccccc1)C(=O)N/N=C/c1ccc(CNS(=O)(=O)c2ccccc2)o1. The van der Waals surface area contributed by atoms with Crippen LogP contribution in [0.25, 0.3) is 0 Å². The van der Waals surface area contributed by atoms with Crippen molar-refractivity contribution in [3.8, 4) is 0 Å². The third-order valence-electron chi connectivity index (χ3n) is 4.28. The Morgan fingerprint density at radius 3 is 2.31 bits per heavy atom. The smallest absolute Gasteiger partial charge is 0.329 e. The van der Waals surface area contributed by atoms with E-state index in [0.29, 0.717) is 18.7 Å². The molecular formula is C22H22N4O5S. The molecule has 0 aliphatic carbocycles. The second kappa shape index (κ2) is 11.0. The molecule has 0 aliphatic rings. The summed E-state index contributed by atoms with van der Waals surface area (Å²) in [4.78, 5) is 23.7. The Morgan fingerprint density at radius 2 is 1.59 bits per heavy atom. The highest BCUT2D eigenvalue weighted by atomic mass is 32.2. The summed E-state index contributed by atoms with van der Waals surface area (Å²) in [6.07, 6.45) is 1.82. The van der Waals surface area contributed by atoms with Gasteiger partial charge in [-0.3, -0.25) is 9.59 Å². The molecule has 2 aromatic carbocycles. The van der Waals surface area contributed by atoms with Gasteiger partial charge in [0, 0.05) is 6.54 Å². The van der Waals surface area contributed by atoms with E-state index < -0.39 is 21.8 Å². The molecule has 0 radical (unpaired) electrons. The Balaban J connectivity index is 1.42. The van der Waals surface area contributed by atoms with E-state index in [4.69, 9.17) is 4.42 Å². The van der Waals surface area contributed by atoms with E-state index in [-0.39, 0.29) is 17.2 Å². The van der Waals surface area contributed by atoms with Gasteiger partial charge in [0.05, 0.1) is 17.7 Å². The first kappa shape index (κ1) is 22.9. The first-order valence-corrected chi connectivity index (χ1v) is 11.2. The predicted molar refractivity (Wildman–Crippen MR) is 118 cm³/mol. The molecule has 0 spiro atoms. The topological polar surface area (TPSA) is 130 Å². The monoisotopic (exact) mass is 454 g/mol. The van der Waals surface area contributed by atoms with Crippen molar-refractivity contribution in [2.24, 2.45) is 5.10 Å². The number of rotatable bonds is 9. The fourth-order valence-electron chi connectivity index (χ4n) is 2.66. The lowest BCUT2D eigenvalue weighted by atomic mass is 10.1. The van der Waals surface area contributed by atoms with E-state index in [2.05, 4.69) is 20.6 Å². The summed E-state index contributed by atoms with van der Waals surface area (Å²) < 4.78 is 32.3. The minimum Gasteiger partial charge on any atom is -0.459 e. The molecule has 32 heavy (non-hydrogen) atoms. The lowest BCUT2D eigenvalue weighted by molar-refractivity contribution is -0.139. The highest BCUT2D eigenvalue weighted by Crippen LogP contribution is 2.10. The predicted octanol–water partition coefficient (Wildman–Crippen LogP) is 1.57. The second-order valence-corrected chi connectivity index (χ2v) is 8.40. The first-order valence-electron chi connectivity index (χ1n) is 9.72. The van der Waals surface area contributed by atoms with Crippen LogP contribution in [0.15, 0.2) is 87.2 Å². The maximum Gasteiger partial charge on any atom is 0.329 e. The van der Waals surface area contributed by atoms with Crippen LogP contribution in [0.4, 0.5) is 0 Å². The van der Waals surface area contributed by atoms with Crippen LogP contribution in [0.3, 0.4) is 0 Å². The van der Waals surface area contributed by atoms with Crippen LogP contribution in [0.1, 0.15) is 17.1 Å². The maximum absolute atomic E-state index is 12.2. The van der Waals surface area contributed by atoms with Crippen LogP contribution in [-0.2, 0) is 32.6 Å². The van der Waals surface area contributed by atoms with Crippen molar-refractivity contribution in [1.29, 1.82) is 0 Å². The lowest BCUT2D eigenvalue weighted by Crippen LogP contribution is -2.38. The summed E-state index contributed by atoms with van der Waals surface area (Å²) in [5.74, 6) is -1.06. The van der Waals surface area contributed by atoms with E-state index >= 15 is 0 Å². The van der Waals surface area contributed by atoms with Crippen molar-refractivity contribution >= 4 is 28.1 Å². The largest absolute Gasteiger partial charge is 0.459 e. The Morgan fingerprint density at radius 1 is 0.906 bits per heavy atom. The summed E-state index contributed by atoms with van der Waals surface area (Å²) in [6, 6.07) is 20.7. The van der Waals surface area contributed by atoms with Crippen molar-refractivity contribution < 1.29 is 22.4 Å². The van der Waals surface area contributed by atoms with Gasteiger partial charge in [-0.25, -0.2) is 18.6 Å². The van der Waals surface area contributed by atoms with Crippen LogP contribution >= 0.6 is 0 Å². The number of amides is 2. The summed E-state index contributed by atoms with van der Waals surface area (Å²) in [5, 5.41) is 6.20. The normalized spacial score (nSPS) is 11.4. The molecule has 3 rings (SSSR count). The van der Waals surface area contributed by atoms with Crippen LogP contribution in [0.5, 0.6) is 0 Å². The number of hydrogen-bond donors (Lipinski definition) is 3. The van der Waals surface area contributed by atoms with E-state index in [0.717, 1.165) is 5.56 Å². The quantitative estimate of drug-likeness (QED) is 0.257. The average molecular weight is 455 g/mol. The zero-order valence-electron chi connectivity index (χ0n) is 17.0.